The molecule has 184 valence electrons. The fraction of sp³-hybridized carbons (Fsp3) is 0.182. The van der Waals surface area contributed by atoms with E-state index < -0.39 is 0 Å². The molecular weight excluding hydrogens is 452 g/mol. The van der Waals surface area contributed by atoms with Crippen molar-refractivity contribution in [2.24, 2.45) is 9.98 Å². The molecule has 4 heteroatoms. The lowest BCUT2D eigenvalue weighted by atomic mass is 9.82. The summed E-state index contributed by atoms with van der Waals surface area (Å²) >= 11 is 0. The van der Waals surface area contributed by atoms with Crippen LogP contribution < -0.4 is 0 Å². The number of amidine groups is 3. The summed E-state index contributed by atoms with van der Waals surface area (Å²) in [4.78, 5) is 11.8. The second-order valence-electron chi connectivity index (χ2n) is 10.1. The molecule has 0 spiro atoms. The van der Waals surface area contributed by atoms with Gasteiger partial charge in [-0.25, -0.2) is 9.98 Å². The van der Waals surface area contributed by atoms with Crippen LogP contribution in [0.1, 0.15) is 48.6 Å². The predicted octanol–water partition coefficient (Wildman–Crippen LogP) is 7.76. The molecule has 0 heterocycles. The number of aryl methyl sites for hydroxylation is 1. The van der Waals surface area contributed by atoms with Crippen LogP contribution in [0.25, 0.3) is 11.1 Å². The Morgan fingerprint density at radius 3 is 2.03 bits per heavy atom. The second-order valence-corrected chi connectivity index (χ2v) is 10.1. The molecule has 5 rings (SSSR count). The zero-order valence-corrected chi connectivity index (χ0v) is 22.1. The first-order valence-corrected chi connectivity index (χ1v) is 12.6. The quantitative estimate of drug-likeness (QED) is 0.234. The maximum atomic E-state index is 8.64. The van der Waals surface area contributed by atoms with Crippen molar-refractivity contribution >= 4 is 23.2 Å². The monoisotopic (exact) mass is 484 g/mol. The average molecular weight is 485 g/mol. The van der Waals surface area contributed by atoms with Crippen LogP contribution in [0.3, 0.4) is 0 Å². The first-order valence-electron chi connectivity index (χ1n) is 12.6. The molecule has 0 saturated carbocycles. The molecule has 0 bridgehead atoms. The lowest BCUT2D eigenvalue weighted by molar-refractivity contribution is 0.660. The first-order chi connectivity index (χ1) is 17.8. The van der Waals surface area contributed by atoms with Gasteiger partial charge in [0.1, 0.15) is 11.7 Å². The summed E-state index contributed by atoms with van der Waals surface area (Å²) in [6, 6.07) is 32.8. The van der Waals surface area contributed by atoms with Gasteiger partial charge in [-0.3, -0.25) is 5.41 Å². The van der Waals surface area contributed by atoms with Gasteiger partial charge in [-0.15, -0.1) is 0 Å². The minimum absolute atomic E-state index is 0.0782. The lowest BCUT2D eigenvalue weighted by Gasteiger charge is -2.23. The number of hydrogen-bond donors (Lipinski definition) is 1. The average Bonchev–Trinajstić information content (AvgIpc) is 3.14. The molecule has 0 radical (unpaired) electrons. The number of fused-ring (bicyclic) bond motifs is 3. The normalized spacial score (nSPS) is 14.2. The number of hydrogen-bond acceptors (Lipinski definition) is 2. The van der Waals surface area contributed by atoms with Gasteiger partial charge < -0.3 is 4.90 Å². The van der Waals surface area contributed by atoms with E-state index in [-0.39, 0.29) is 11.3 Å². The zero-order valence-electron chi connectivity index (χ0n) is 22.1. The van der Waals surface area contributed by atoms with E-state index in [4.69, 9.17) is 15.4 Å². The van der Waals surface area contributed by atoms with Crippen LogP contribution in [0.15, 0.2) is 107 Å². The Morgan fingerprint density at radius 1 is 0.757 bits per heavy atom. The highest BCUT2D eigenvalue weighted by Crippen LogP contribution is 2.50. The predicted molar refractivity (Wildman–Crippen MR) is 156 cm³/mol. The topological polar surface area (TPSA) is 51.8 Å². The van der Waals surface area contributed by atoms with Gasteiger partial charge in [0.2, 0.25) is 0 Å². The van der Waals surface area contributed by atoms with E-state index in [1.165, 1.54) is 22.3 Å². The summed E-state index contributed by atoms with van der Waals surface area (Å²) in [5.41, 5.74) is 8.99. The summed E-state index contributed by atoms with van der Waals surface area (Å²) < 4.78 is 0. The van der Waals surface area contributed by atoms with Crippen molar-refractivity contribution < 1.29 is 0 Å². The third kappa shape index (κ3) is 4.51. The SMILES string of the molecule is C/C(=N\c1cc2c(cc1C)-c1ccccc1C2(C)C)N(C)/C(=N\C(=N)c1ccccc1)c1ccccc1. The van der Waals surface area contributed by atoms with Crippen molar-refractivity contribution in [1.82, 2.24) is 4.90 Å². The molecule has 4 aromatic rings. The van der Waals surface area contributed by atoms with Gasteiger partial charge in [0, 0.05) is 23.6 Å². The summed E-state index contributed by atoms with van der Waals surface area (Å²) in [5.74, 6) is 1.70. The summed E-state index contributed by atoms with van der Waals surface area (Å²) in [6.07, 6.45) is 0. The van der Waals surface area contributed by atoms with E-state index in [2.05, 4.69) is 57.2 Å². The van der Waals surface area contributed by atoms with E-state index in [1.807, 2.05) is 79.5 Å². The summed E-state index contributed by atoms with van der Waals surface area (Å²) in [7, 11) is 1.96. The summed E-state index contributed by atoms with van der Waals surface area (Å²) in [6.45, 7) is 8.69. The number of benzene rings is 4. The van der Waals surface area contributed by atoms with Crippen LogP contribution in [0.2, 0.25) is 0 Å². The highest BCUT2D eigenvalue weighted by molar-refractivity contribution is 6.15. The molecule has 0 unspecified atom stereocenters. The Morgan fingerprint density at radius 2 is 1.35 bits per heavy atom. The molecule has 1 aliphatic rings. The van der Waals surface area contributed by atoms with E-state index >= 15 is 0 Å². The Bertz CT molecular complexity index is 1530. The Hall–Kier alpha value is -4.31. The van der Waals surface area contributed by atoms with Gasteiger partial charge in [-0.2, -0.15) is 0 Å². The van der Waals surface area contributed by atoms with Crippen LogP contribution in [0.4, 0.5) is 5.69 Å². The van der Waals surface area contributed by atoms with Gasteiger partial charge in [0.05, 0.1) is 5.69 Å². The van der Waals surface area contributed by atoms with Gasteiger partial charge in [0.25, 0.3) is 0 Å². The van der Waals surface area contributed by atoms with Crippen molar-refractivity contribution in [3.63, 3.8) is 0 Å². The Kier molecular flexibility index (Phi) is 6.34. The van der Waals surface area contributed by atoms with Crippen molar-refractivity contribution in [3.8, 4) is 11.1 Å². The highest BCUT2D eigenvalue weighted by Gasteiger charge is 2.35. The maximum absolute atomic E-state index is 8.64. The van der Waals surface area contributed by atoms with Crippen LogP contribution in [-0.2, 0) is 5.41 Å². The van der Waals surface area contributed by atoms with E-state index in [9.17, 15) is 0 Å². The smallest absolute Gasteiger partial charge is 0.154 e. The molecule has 1 aliphatic carbocycles. The highest BCUT2D eigenvalue weighted by atomic mass is 15.2. The van der Waals surface area contributed by atoms with Gasteiger partial charge in [-0.05, 0) is 53.8 Å². The van der Waals surface area contributed by atoms with E-state index in [0.717, 1.165) is 28.2 Å². The molecule has 1 N–H and O–H groups in total. The standard InChI is InChI=1S/C33H32N4/c1-22-20-27-26-18-12-13-19-28(26)33(3,4)29(27)21-30(22)35-23(2)37(5)32(25-16-10-7-11-17-25)36-31(34)24-14-8-6-9-15-24/h6-21,34H,1-5H3/b34-31?,35-23+,36-32-. The molecule has 0 fully saturated rings. The number of nitrogens with one attached hydrogen (secondary N) is 1. The molecule has 4 aromatic carbocycles. The van der Waals surface area contributed by atoms with E-state index in [0.29, 0.717) is 5.84 Å². The Balaban J connectivity index is 1.55. The van der Waals surface area contributed by atoms with Crippen LogP contribution in [0, 0.1) is 12.3 Å². The number of nitrogens with zero attached hydrogens (tertiary/aromatic N) is 3. The second kappa shape index (κ2) is 9.62. The maximum Gasteiger partial charge on any atom is 0.154 e. The molecule has 0 saturated heterocycles. The Labute approximate surface area is 219 Å². The molecule has 0 atom stereocenters. The molecule has 4 nitrogen and oxygen atoms in total. The number of rotatable bonds is 3. The fourth-order valence-electron chi connectivity index (χ4n) is 5.05. The third-order valence-electron chi connectivity index (χ3n) is 7.28. The molecule has 0 aliphatic heterocycles. The van der Waals surface area contributed by atoms with Gasteiger partial charge in [0.15, 0.2) is 5.84 Å². The van der Waals surface area contributed by atoms with Crippen LogP contribution >= 0.6 is 0 Å². The fourth-order valence-corrected chi connectivity index (χ4v) is 5.05. The van der Waals surface area contributed by atoms with Crippen LogP contribution in [0.5, 0.6) is 0 Å². The zero-order chi connectivity index (χ0) is 26.2. The summed E-state index contributed by atoms with van der Waals surface area (Å²) in [5, 5.41) is 8.64. The third-order valence-corrected chi connectivity index (χ3v) is 7.28. The van der Waals surface area contributed by atoms with Crippen molar-refractivity contribution in [2.45, 2.75) is 33.1 Å². The first kappa shape index (κ1) is 24.4. The van der Waals surface area contributed by atoms with E-state index in [1.54, 1.807) is 0 Å². The van der Waals surface area contributed by atoms with Crippen molar-refractivity contribution in [2.75, 3.05) is 7.05 Å². The van der Waals surface area contributed by atoms with Gasteiger partial charge >= 0.3 is 0 Å². The largest absolute Gasteiger partial charge is 0.317 e. The lowest BCUT2D eigenvalue weighted by Crippen LogP contribution is -2.33. The molecule has 37 heavy (non-hydrogen) atoms. The molecular formula is C33H32N4. The number of aliphatic imine (C=N–C) groups is 2. The van der Waals surface area contributed by atoms with Crippen molar-refractivity contribution in [3.05, 3.63) is 125 Å². The molecule has 0 aromatic heterocycles. The molecule has 0 amide bonds. The minimum Gasteiger partial charge on any atom is -0.317 e. The van der Waals surface area contributed by atoms with Crippen molar-refractivity contribution in [1.29, 1.82) is 5.41 Å². The minimum atomic E-state index is -0.0782. The van der Waals surface area contributed by atoms with Crippen LogP contribution in [-0.4, -0.2) is 29.5 Å². The van der Waals surface area contributed by atoms with Gasteiger partial charge in [-0.1, -0.05) is 98.8 Å².